The molecule has 26 heavy (non-hydrogen) atoms. The highest BCUT2D eigenvalue weighted by molar-refractivity contribution is 7.80. The van der Waals surface area contributed by atoms with Gasteiger partial charge in [0.1, 0.15) is 12.4 Å². The van der Waals surface area contributed by atoms with Gasteiger partial charge in [0.2, 0.25) is 16.7 Å². The first-order valence-electron chi connectivity index (χ1n) is 7.32. The molecule has 0 aliphatic rings. The molecule has 2 aromatic rings. The fourth-order valence-corrected chi connectivity index (χ4v) is 2.12. The van der Waals surface area contributed by atoms with Crippen molar-refractivity contribution < 1.29 is 26.6 Å². The second kappa shape index (κ2) is 10.1. The quantitative estimate of drug-likeness (QED) is 0.184. The maximum atomic E-state index is 10.6. The Labute approximate surface area is 156 Å². The van der Waals surface area contributed by atoms with E-state index in [-0.39, 0.29) is 5.69 Å². The van der Waals surface area contributed by atoms with Crippen molar-refractivity contribution in [3.05, 3.63) is 52.1 Å². The number of hydrogen-bond acceptors (Lipinski definition) is 7. The maximum absolute atomic E-state index is 10.6. The Balaban J connectivity index is 0.000000487. The zero-order chi connectivity index (χ0) is 19.7. The number of aryl methyl sites for hydroxylation is 2. The first kappa shape index (κ1) is 21.8. The molecule has 0 spiro atoms. The van der Waals surface area contributed by atoms with E-state index in [1.165, 1.54) is 12.1 Å². The number of imidazole rings is 1. The predicted molar refractivity (Wildman–Crippen MR) is 93.5 cm³/mol. The van der Waals surface area contributed by atoms with Gasteiger partial charge < -0.3 is 9.87 Å². The van der Waals surface area contributed by atoms with E-state index >= 15 is 0 Å². The molecule has 0 saturated heterocycles. The fourth-order valence-electron chi connectivity index (χ4n) is 1.88. The van der Waals surface area contributed by atoms with Crippen LogP contribution in [0.25, 0.3) is 0 Å². The standard InChI is InChI=1S/C13H16ClN4O2.CH4O4S/c1-16-7-8-17(10-16)6-2-5-15-13-4-3-11(18(19)20)9-12(13)14;1-5-6(2,3)4/h3-4,7-10,15H,2,5-6H2,1H3;1H3,(H,2,3,4)/q+1;/p-1. The summed E-state index contributed by atoms with van der Waals surface area (Å²) in [7, 11) is -1.63. The van der Waals surface area contributed by atoms with Gasteiger partial charge in [0.05, 0.1) is 36.3 Å². The van der Waals surface area contributed by atoms with Crippen molar-refractivity contribution in [2.75, 3.05) is 19.0 Å². The van der Waals surface area contributed by atoms with Crippen LogP contribution < -0.4 is 9.88 Å². The van der Waals surface area contributed by atoms with Gasteiger partial charge in [0.25, 0.3) is 5.69 Å². The molecule has 1 heterocycles. The van der Waals surface area contributed by atoms with E-state index in [1.54, 1.807) is 6.07 Å². The Bertz CT molecular complexity index is 840. The number of nitro groups is 1. The molecule has 1 N–H and O–H groups in total. The Morgan fingerprint density at radius 3 is 2.54 bits per heavy atom. The van der Waals surface area contributed by atoms with E-state index in [4.69, 9.17) is 11.6 Å². The van der Waals surface area contributed by atoms with E-state index in [0.29, 0.717) is 5.02 Å². The molecule has 12 heteroatoms. The van der Waals surface area contributed by atoms with Crippen LogP contribution in [0.4, 0.5) is 11.4 Å². The lowest BCUT2D eigenvalue weighted by Crippen LogP contribution is -2.23. The monoisotopic (exact) mass is 406 g/mol. The molecule has 0 fully saturated rings. The van der Waals surface area contributed by atoms with Crippen LogP contribution in [0, 0.1) is 10.1 Å². The Hall–Kier alpha value is -2.21. The third kappa shape index (κ3) is 8.25. The summed E-state index contributed by atoms with van der Waals surface area (Å²) in [6.45, 7) is 1.65. The molecule has 2 rings (SSSR count). The molecular weight excluding hydrogens is 388 g/mol. The van der Waals surface area contributed by atoms with Crippen LogP contribution in [-0.4, -0.2) is 36.1 Å². The van der Waals surface area contributed by atoms with Crippen LogP contribution in [0.5, 0.6) is 0 Å². The highest BCUT2D eigenvalue weighted by Crippen LogP contribution is 2.26. The lowest BCUT2D eigenvalue weighted by atomic mass is 10.2. The normalized spacial score (nSPS) is 10.8. The first-order chi connectivity index (χ1) is 12.1. The minimum atomic E-state index is -4.41. The van der Waals surface area contributed by atoms with Crippen LogP contribution in [0.3, 0.4) is 0 Å². The summed E-state index contributed by atoms with van der Waals surface area (Å²) in [6, 6.07) is 4.44. The fraction of sp³-hybridized carbons (Fsp3) is 0.357. The molecule has 0 atom stereocenters. The van der Waals surface area contributed by atoms with Crippen LogP contribution >= 0.6 is 11.6 Å². The molecule has 0 aliphatic carbocycles. The van der Waals surface area contributed by atoms with Gasteiger partial charge in [-0.05, 0) is 6.07 Å². The van der Waals surface area contributed by atoms with E-state index in [0.717, 1.165) is 32.3 Å². The average molecular weight is 407 g/mol. The number of rotatable bonds is 7. The topological polar surface area (TPSA) is 130 Å². The number of nitrogens with zero attached hydrogens (tertiary/aromatic N) is 3. The summed E-state index contributed by atoms with van der Waals surface area (Å²) in [6.07, 6.45) is 6.94. The number of nitrogens with one attached hydrogen (secondary N) is 1. The Morgan fingerprint density at radius 1 is 1.42 bits per heavy atom. The van der Waals surface area contributed by atoms with E-state index in [1.807, 2.05) is 30.3 Å². The molecule has 0 bridgehead atoms. The minimum absolute atomic E-state index is 0.000362. The van der Waals surface area contributed by atoms with Crippen molar-refractivity contribution in [2.45, 2.75) is 13.0 Å². The Kier molecular flexibility index (Phi) is 8.45. The number of hydrogen-bond donors (Lipinski definition) is 1. The van der Waals surface area contributed by atoms with E-state index in [9.17, 15) is 23.1 Å². The lowest BCUT2D eigenvalue weighted by Gasteiger charge is -2.07. The van der Waals surface area contributed by atoms with Gasteiger partial charge in [-0.1, -0.05) is 11.6 Å². The number of nitro benzene ring substituents is 1. The zero-order valence-corrected chi connectivity index (χ0v) is 15.7. The summed E-state index contributed by atoms with van der Waals surface area (Å²) in [5, 5.41) is 14.2. The largest absolute Gasteiger partial charge is 0.726 e. The van der Waals surface area contributed by atoms with E-state index < -0.39 is 15.3 Å². The van der Waals surface area contributed by atoms with Crippen molar-refractivity contribution in [3.63, 3.8) is 0 Å². The summed E-state index contributed by atoms with van der Waals surface area (Å²) < 4.78 is 35.1. The maximum Gasteiger partial charge on any atom is 0.271 e. The van der Waals surface area contributed by atoms with Crippen molar-refractivity contribution in [1.82, 2.24) is 4.57 Å². The molecule has 144 valence electrons. The zero-order valence-electron chi connectivity index (χ0n) is 14.2. The first-order valence-corrected chi connectivity index (χ1v) is 9.04. The molecule has 0 amide bonds. The number of anilines is 1. The summed E-state index contributed by atoms with van der Waals surface area (Å²) in [5.74, 6) is 0. The molecule has 0 unspecified atom stereocenters. The molecule has 0 saturated carbocycles. The molecular formula is C14H19ClN4O6S. The third-order valence-corrected chi connectivity index (χ3v) is 3.82. The molecule has 10 nitrogen and oxygen atoms in total. The highest BCUT2D eigenvalue weighted by atomic mass is 35.5. The van der Waals surface area contributed by atoms with Crippen LogP contribution in [0.1, 0.15) is 6.42 Å². The number of halogens is 1. The van der Waals surface area contributed by atoms with E-state index in [2.05, 4.69) is 14.1 Å². The summed E-state index contributed by atoms with van der Waals surface area (Å²) in [4.78, 5) is 10.1. The van der Waals surface area contributed by atoms with Crippen molar-refractivity contribution in [1.29, 1.82) is 0 Å². The highest BCUT2D eigenvalue weighted by Gasteiger charge is 2.09. The SMILES string of the molecule is COS(=O)(=O)[O-].C[n+]1ccn(CCCNc2ccc([N+](=O)[O-])cc2Cl)c1. The van der Waals surface area contributed by atoms with Crippen molar-refractivity contribution in [3.8, 4) is 0 Å². The molecule has 0 aliphatic heterocycles. The second-order valence-electron chi connectivity index (χ2n) is 5.09. The molecule has 1 aromatic heterocycles. The average Bonchev–Trinajstić information content (AvgIpc) is 2.98. The molecule has 1 aromatic carbocycles. The Morgan fingerprint density at radius 2 is 2.08 bits per heavy atom. The van der Waals surface area contributed by atoms with Gasteiger partial charge in [-0.15, -0.1) is 0 Å². The second-order valence-corrected chi connectivity index (χ2v) is 6.65. The van der Waals surface area contributed by atoms with Gasteiger partial charge >= 0.3 is 0 Å². The van der Waals surface area contributed by atoms with Gasteiger partial charge in [-0.25, -0.2) is 17.6 Å². The van der Waals surface area contributed by atoms with Gasteiger partial charge in [0, 0.05) is 25.1 Å². The number of benzene rings is 1. The van der Waals surface area contributed by atoms with Gasteiger partial charge in [-0.2, -0.15) is 0 Å². The third-order valence-electron chi connectivity index (χ3n) is 3.10. The van der Waals surface area contributed by atoms with Crippen LogP contribution in [0.15, 0.2) is 36.9 Å². The predicted octanol–water partition coefficient (Wildman–Crippen LogP) is 1.47. The molecule has 0 radical (unpaired) electrons. The summed E-state index contributed by atoms with van der Waals surface area (Å²) >= 11 is 6.00. The lowest BCUT2D eigenvalue weighted by molar-refractivity contribution is -0.671. The van der Waals surface area contributed by atoms with Crippen LogP contribution in [-0.2, 0) is 28.2 Å². The number of non-ortho nitro benzene ring substituents is 1. The smallest absolute Gasteiger partial charge is 0.271 e. The van der Waals surface area contributed by atoms with Gasteiger partial charge in [0.15, 0.2) is 0 Å². The summed E-state index contributed by atoms with van der Waals surface area (Å²) in [5.41, 5.74) is 0.718. The van der Waals surface area contributed by atoms with Crippen LogP contribution in [0.2, 0.25) is 5.02 Å². The van der Waals surface area contributed by atoms with Crippen molar-refractivity contribution >= 4 is 33.4 Å². The minimum Gasteiger partial charge on any atom is -0.726 e. The number of aromatic nitrogens is 2. The van der Waals surface area contributed by atoms with Crippen molar-refractivity contribution in [2.24, 2.45) is 7.05 Å². The van der Waals surface area contributed by atoms with Gasteiger partial charge in [-0.3, -0.25) is 14.3 Å².